The standard InChI is InChI=1S/C17H24FN5.HI/c1-13(12-23-8-4-7-22-23)10-20-17(19-3)21-11-15-5-6-16(18)14(2)9-15;/h4-9,13H,10-12H2,1-3H3,(H2,19,20,21);1H. The molecule has 0 bridgehead atoms. The van der Waals surface area contributed by atoms with Gasteiger partial charge in [0.05, 0.1) is 0 Å². The smallest absolute Gasteiger partial charge is 0.191 e. The molecule has 2 N–H and O–H groups in total. The largest absolute Gasteiger partial charge is 0.356 e. The Labute approximate surface area is 159 Å². The number of nitrogens with zero attached hydrogens (tertiary/aromatic N) is 3. The normalized spacial score (nSPS) is 12.4. The molecule has 24 heavy (non-hydrogen) atoms. The summed E-state index contributed by atoms with van der Waals surface area (Å²) >= 11 is 0. The van der Waals surface area contributed by atoms with Crippen molar-refractivity contribution in [2.24, 2.45) is 10.9 Å². The first-order valence-electron chi connectivity index (χ1n) is 7.75. The van der Waals surface area contributed by atoms with Gasteiger partial charge >= 0.3 is 0 Å². The average molecular weight is 445 g/mol. The van der Waals surface area contributed by atoms with Crippen LogP contribution >= 0.6 is 24.0 Å². The van der Waals surface area contributed by atoms with Gasteiger partial charge in [-0.15, -0.1) is 24.0 Å². The summed E-state index contributed by atoms with van der Waals surface area (Å²) in [5.41, 5.74) is 1.68. The van der Waals surface area contributed by atoms with Crippen molar-refractivity contribution in [3.63, 3.8) is 0 Å². The molecule has 2 aromatic rings. The highest BCUT2D eigenvalue weighted by Gasteiger charge is 2.06. The Hall–Kier alpha value is -1.64. The van der Waals surface area contributed by atoms with Gasteiger partial charge in [-0.05, 0) is 36.1 Å². The highest BCUT2D eigenvalue weighted by atomic mass is 127. The van der Waals surface area contributed by atoms with Crippen LogP contribution < -0.4 is 10.6 Å². The van der Waals surface area contributed by atoms with Crippen molar-refractivity contribution < 1.29 is 4.39 Å². The van der Waals surface area contributed by atoms with Gasteiger partial charge in [-0.1, -0.05) is 19.1 Å². The molecule has 1 atom stereocenters. The second-order valence-corrected chi connectivity index (χ2v) is 5.72. The summed E-state index contributed by atoms with van der Waals surface area (Å²) in [6, 6.07) is 7.04. The minimum Gasteiger partial charge on any atom is -0.356 e. The number of hydrogen-bond donors (Lipinski definition) is 2. The highest BCUT2D eigenvalue weighted by molar-refractivity contribution is 14.0. The number of benzene rings is 1. The van der Waals surface area contributed by atoms with Crippen LogP contribution in [0.3, 0.4) is 0 Å². The van der Waals surface area contributed by atoms with Gasteiger partial charge in [-0.2, -0.15) is 5.10 Å². The number of aliphatic imine (C=N–C) groups is 1. The van der Waals surface area contributed by atoms with Crippen LogP contribution in [-0.4, -0.2) is 29.3 Å². The van der Waals surface area contributed by atoms with Crippen molar-refractivity contribution in [2.75, 3.05) is 13.6 Å². The molecule has 1 heterocycles. The minimum atomic E-state index is -0.177. The fraction of sp³-hybridized carbons (Fsp3) is 0.412. The molecule has 0 saturated heterocycles. The van der Waals surface area contributed by atoms with E-state index in [0.29, 0.717) is 18.0 Å². The molecule has 0 amide bonds. The van der Waals surface area contributed by atoms with Crippen molar-refractivity contribution in [3.8, 4) is 0 Å². The summed E-state index contributed by atoms with van der Waals surface area (Å²) in [6.45, 7) is 6.18. The van der Waals surface area contributed by atoms with Gasteiger partial charge in [0.1, 0.15) is 5.82 Å². The summed E-state index contributed by atoms with van der Waals surface area (Å²) in [6.07, 6.45) is 3.74. The lowest BCUT2D eigenvalue weighted by molar-refractivity contribution is 0.443. The summed E-state index contributed by atoms with van der Waals surface area (Å²) in [5.74, 6) is 0.976. The van der Waals surface area contributed by atoms with E-state index in [1.54, 1.807) is 26.2 Å². The zero-order valence-corrected chi connectivity index (χ0v) is 16.6. The molecule has 0 fully saturated rings. The molecule has 5 nitrogen and oxygen atoms in total. The molecule has 2 rings (SSSR count). The number of nitrogens with one attached hydrogen (secondary N) is 2. The molecular formula is C17H25FIN5. The van der Waals surface area contributed by atoms with Gasteiger partial charge in [-0.25, -0.2) is 4.39 Å². The molecule has 0 aliphatic rings. The number of guanidine groups is 1. The minimum absolute atomic E-state index is 0. The summed E-state index contributed by atoms with van der Waals surface area (Å²) in [7, 11) is 1.74. The number of hydrogen-bond acceptors (Lipinski definition) is 2. The fourth-order valence-electron chi connectivity index (χ4n) is 2.29. The van der Waals surface area contributed by atoms with Crippen LogP contribution in [0.5, 0.6) is 0 Å². The van der Waals surface area contributed by atoms with E-state index in [1.165, 1.54) is 6.07 Å². The van der Waals surface area contributed by atoms with E-state index < -0.39 is 0 Å². The molecule has 0 saturated carbocycles. The van der Waals surface area contributed by atoms with E-state index in [-0.39, 0.29) is 29.8 Å². The SMILES string of the molecule is CN=C(NCc1ccc(F)c(C)c1)NCC(C)Cn1cccn1.I. The van der Waals surface area contributed by atoms with Gasteiger partial charge in [0.2, 0.25) is 0 Å². The third kappa shape index (κ3) is 6.46. The molecule has 1 aromatic heterocycles. The highest BCUT2D eigenvalue weighted by Crippen LogP contribution is 2.08. The van der Waals surface area contributed by atoms with Gasteiger partial charge in [0, 0.05) is 39.1 Å². The number of aryl methyl sites for hydroxylation is 1. The van der Waals surface area contributed by atoms with Crippen LogP contribution in [0.4, 0.5) is 4.39 Å². The predicted octanol–water partition coefficient (Wildman–Crippen LogP) is 2.95. The lowest BCUT2D eigenvalue weighted by Crippen LogP contribution is -2.39. The summed E-state index contributed by atoms with van der Waals surface area (Å²) in [4.78, 5) is 4.21. The second kappa shape index (κ2) is 10.3. The molecule has 1 unspecified atom stereocenters. The molecule has 0 aliphatic carbocycles. The van der Waals surface area contributed by atoms with Crippen molar-refractivity contribution in [1.82, 2.24) is 20.4 Å². The number of aromatic nitrogens is 2. The Kier molecular flexibility index (Phi) is 8.73. The Morgan fingerprint density at radius 1 is 1.38 bits per heavy atom. The van der Waals surface area contributed by atoms with Gasteiger partial charge in [-0.3, -0.25) is 9.67 Å². The fourth-order valence-corrected chi connectivity index (χ4v) is 2.29. The first-order valence-corrected chi connectivity index (χ1v) is 7.75. The van der Waals surface area contributed by atoms with Gasteiger partial charge < -0.3 is 10.6 Å². The van der Waals surface area contributed by atoms with Gasteiger partial charge in [0.25, 0.3) is 0 Å². The molecular weight excluding hydrogens is 420 g/mol. The zero-order valence-electron chi connectivity index (χ0n) is 14.3. The van der Waals surface area contributed by atoms with Crippen molar-refractivity contribution in [2.45, 2.75) is 26.9 Å². The van der Waals surface area contributed by atoms with Crippen LogP contribution in [0.15, 0.2) is 41.7 Å². The maximum atomic E-state index is 13.3. The zero-order chi connectivity index (χ0) is 16.7. The van der Waals surface area contributed by atoms with Crippen LogP contribution in [0.25, 0.3) is 0 Å². The van der Waals surface area contributed by atoms with E-state index in [9.17, 15) is 4.39 Å². The molecule has 7 heteroatoms. The Morgan fingerprint density at radius 2 is 2.17 bits per heavy atom. The van der Waals surface area contributed by atoms with Crippen LogP contribution in [0, 0.1) is 18.7 Å². The third-order valence-corrected chi connectivity index (χ3v) is 3.58. The monoisotopic (exact) mass is 445 g/mol. The van der Waals surface area contributed by atoms with Crippen molar-refractivity contribution in [1.29, 1.82) is 0 Å². The summed E-state index contributed by atoms with van der Waals surface area (Å²) in [5, 5.41) is 10.7. The number of halogens is 2. The topological polar surface area (TPSA) is 54.2 Å². The Bertz CT molecular complexity index is 642. The lowest BCUT2D eigenvalue weighted by Gasteiger charge is -2.16. The average Bonchev–Trinajstić information content (AvgIpc) is 3.03. The Morgan fingerprint density at radius 3 is 2.79 bits per heavy atom. The maximum absolute atomic E-state index is 13.3. The first-order chi connectivity index (χ1) is 11.1. The molecule has 0 spiro atoms. The molecule has 0 aliphatic heterocycles. The molecule has 132 valence electrons. The van der Waals surface area contributed by atoms with Gasteiger partial charge in [0.15, 0.2) is 5.96 Å². The molecule has 1 aromatic carbocycles. The summed E-state index contributed by atoms with van der Waals surface area (Å²) < 4.78 is 15.2. The van der Waals surface area contributed by atoms with Crippen LogP contribution in [0.1, 0.15) is 18.1 Å². The predicted molar refractivity (Wildman–Crippen MR) is 106 cm³/mol. The van der Waals surface area contributed by atoms with Crippen LogP contribution in [-0.2, 0) is 13.1 Å². The lowest BCUT2D eigenvalue weighted by atomic mass is 10.1. The van der Waals surface area contributed by atoms with E-state index in [4.69, 9.17) is 0 Å². The van der Waals surface area contributed by atoms with Crippen LogP contribution in [0.2, 0.25) is 0 Å². The van der Waals surface area contributed by atoms with Crippen molar-refractivity contribution in [3.05, 3.63) is 53.6 Å². The van der Waals surface area contributed by atoms with E-state index in [1.807, 2.05) is 23.0 Å². The number of rotatable bonds is 6. The quantitative estimate of drug-likeness (QED) is 0.409. The Balaban J connectivity index is 0.00000288. The maximum Gasteiger partial charge on any atom is 0.191 e. The third-order valence-electron chi connectivity index (χ3n) is 3.58. The second-order valence-electron chi connectivity index (χ2n) is 5.72. The molecule has 0 radical (unpaired) electrons. The van der Waals surface area contributed by atoms with E-state index in [2.05, 4.69) is 27.6 Å². The van der Waals surface area contributed by atoms with Crippen molar-refractivity contribution >= 4 is 29.9 Å². The van der Waals surface area contributed by atoms with E-state index >= 15 is 0 Å². The first kappa shape index (κ1) is 20.4. The van der Waals surface area contributed by atoms with E-state index in [0.717, 1.165) is 24.6 Å².